The summed E-state index contributed by atoms with van der Waals surface area (Å²) >= 11 is 6.86. The lowest BCUT2D eigenvalue weighted by Gasteiger charge is -2.09. The molecule has 94 valence electrons. The van der Waals surface area contributed by atoms with Crippen LogP contribution in [0.5, 0.6) is 0 Å². The fourth-order valence-corrected chi connectivity index (χ4v) is 3.12. The molecule has 0 spiro atoms. The van der Waals surface area contributed by atoms with Gasteiger partial charge in [-0.05, 0) is 49.9 Å². The number of hydrogen-bond donors (Lipinski definition) is 0. The molecular formula is C14H18Br2O. The van der Waals surface area contributed by atoms with Crippen molar-refractivity contribution in [3.63, 3.8) is 0 Å². The number of unbranched alkanes of at least 4 members (excludes halogenated alkanes) is 2. The van der Waals surface area contributed by atoms with Crippen molar-refractivity contribution in [2.45, 2.75) is 39.5 Å². The molecule has 0 aliphatic carbocycles. The van der Waals surface area contributed by atoms with E-state index in [9.17, 15) is 4.79 Å². The van der Waals surface area contributed by atoms with Gasteiger partial charge in [-0.15, -0.1) is 0 Å². The van der Waals surface area contributed by atoms with Crippen LogP contribution < -0.4 is 0 Å². The number of carbonyl (C=O) groups excluding carboxylic acids is 1. The lowest BCUT2D eigenvalue weighted by Crippen LogP contribution is -2.04. The quantitative estimate of drug-likeness (QED) is 0.386. The topological polar surface area (TPSA) is 17.1 Å². The molecule has 0 heterocycles. The second-order valence-electron chi connectivity index (χ2n) is 4.34. The highest BCUT2D eigenvalue weighted by Gasteiger charge is 2.12. The van der Waals surface area contributed by atoms with Gasteiger partial charge in [0.15, 0.2) is 5.78 Å². The standard InChI is InChI=1S/C14H18Br2O/c1-10-8-12(16)9-11(2)14(10)13(17)6-4-3-5-7-15/h8-9H,3-7H2,1-2H3. The lowest BCUT2D eigenvalue weighted by atomic mass is 9.96. The Bertz CT molecular complexity index is 376. The maximum atomic E-state index is 12.1. The van der Waals surface area contributed by atoms with Crippen LogP contribution in [-0.4, -0.2) is 11.1 Å². The number of halogens is 2. The molecule has 0 aliphatic rings. The van der Waals surface area contributed by atoms with Gasteiger partial charge in [-0.1, -0.05) is 38.3 Å². The first-order chi connectivity index (χ1) is 8.06. The number of carbonyl (C=O) groups is 1. The first kappa shape index (κ1) is 14.9. The van der Waals surface area contributed by atoms with Gasteiger partial charge in [0.2, 0.25) is 0 Å². The van der Waals surface area contributed by atoms with Crippen LogP contribution in [0, 0.1) is 13.8 Å². The highest BCUT2D eigenvalue weighted by atomic mass is 79.9. The van der Waals surface area contributed by atoms with Crippen LogP contribution in [0.25, 0.3) is 0 Å². The van der Waals surface area contributed by atoms with Crippen LogP contribution in [-0.2, 0) is 0 Å². The molecule has 0 bridgehead atoms. The van der Waals surface area contributed by atoms with E-state index in [1.165, 1.54) is 0 Å². The van der Waals surface area contributed by atoms with E-state index in [1.807, 2.05) is 26.0 Å². The van der Waals surface area contributed by atoms with Crippen LogP contribution >= 0.6 is 31.9 Å². The zero-order chi connectivity index (χ0) is 12.8. The van der Waals surface area contributed by atoms with E-state index in [0.29, 0.717) is 6.42 Å². The molecule has 0 fully saturated rings. The van der Waals surface area contributed by atoms with Crippen LogP contribution in [0.3, 0.4) is 0 Å². The van der Waals surface area contributed by atoms with Gasteiger partial charge in [-0.3, -0.25) is 4.79 Å². The van der Waals surface area contributed by atoms with Crippen molar-refractivity contribution in [2.75, 3.05) is 5.33 Å². The first-order valence-electron chi connectivity index (χ1n) is 5.92. The molecule has 0 saturated heterocycles. The number of aryl methyl sites for hydroxylation is 2. The Labute approximate surface area is 120 Å². The Kier molecular flexibility index (Phi) is 6.42. The van der Waals surface area contributed by atoms with E-state index >= 15 is 0 Å². The van der Waals surface area contributed by atoms with Crippen molar-refractivity contribution >= 4 is 37.6 Å². The minimum Gasteiger partial charge on any atom is -0.294 e. The number of rotatable bonds is 6. The van der Waals surface area contributed by atoms with Crippen molar-refractivity contribution in [1.82, 2.24) is 0 Å². The third-order valence-corrected chi connectivity index (χ3v) is 3.83. The summed E-state index contributed by atoms with van der Waals surface area (Å²) in [5.74, 6) is 0.280. The molecule has 0 aromatic heterocycles. The number of benzene rings is 1. The molecule has 0 aliphatic heterocycles. The Morgan fingerprint density at radius 1 is 1.12 bits per heavy atom. The molecule has 0 amide bonds. The number of ketones is 1. The molecule has 0 atom stereocenters. The van der Waals surface area contributed by atoms with Crippen LogP contribution in [0.15, 0.2) is 16.6 Å². The summed E-state index contributed by atoms with van der Waals surface area (Å²) in [7, 11) is 0. The zero-order valence-corrected chi connectivity index (χ0v) is 13.5. The van der Waals surface area contributed by atoms with Crippen molar-refractivity contribution in [2.24, 2.45) is 0 Å². The van der Waals surface area contributed by atoms with E-state index in [2.05, 4.69) is 31.9 Å². The van der Waals surface area contributed by atoms with Gasteiger partial charge in [0.05, 0.1) is 0 Å². The Hall–Kier alpha value is -0.150. The first-order valence-corrected chi connectivity index (χ1v) is 7.83. The Morgan fingerprint density at radius 3 is 2.24 bits per heavy atom. The summed E-state index contributed by atoms with van der Waals surface area (Å²) in [5.41, 5.74) is 3.05. The lowest BCUT2D eigenvalue weighted by molar-refractivity contribution is 0.0978. The van der Waals surface area contributed by atoms with Crippen LogP contribution in [0.2, 0.25) is 0 Å². The number of alkyl halides is 1. The summed E-state index contributed by atoms with van der Waals surface area (Å²) in [5, 5.41) is 1.03. The monoisotopic (exact) mass is 360 g/mol. The molecule has 0 saturated carbocycles. The maximum absolute atomic E-state index is 12.1. The van der Waals surface area contributed by atoms with Crippen LogP contribution in [0.1, 0.15) is 47.2 Å². The van der Waals surface area contributed by atoms with Gasteiger partial charge in [0.1, 0.15) is 0 Å². The Morgan fingerprint density at radius 2 is 1.71 bits per heavy atom. The van der Waals surface area contributed by atoms with Gasteiger partial charge in [0.25, 0.3) is 0 Å². The van der Waals surface area contributed by atoms with Gasteiger partial charge in [0, 0.05) is 21.8 Å². The highest BCUT2D eigenvalue weighted by molar-refractivity contribution is 9.10. The smallest absolute Gasteiger partial charge is 0.163 e. The normalized spacial score (nSPS) is 10.6. The average molecular weight is 362 g/mol. The van der Waals surface area contributed by atoms with E-state index in [-0.39, 0.29) is 5.78 Å². The van der Waals surface area contributed by atoms with Gasteiger partial charge in [-0.2, -0.15) is 0 Å². The van der Waals surface area contributed by atoms with E-state index in [0.717, 1.165) is 45.8 Å². The largest absolute Gasteiger partial charge is 0.294 e. The van der Waals surface area contributed by atoms with E-state index < -0.39 is 0 Å². The molecular weight excluding hydrogens is 344 g/mol. The van der Waals surface area contributed by atoms with E-state index in [1.54, 1.807) is 0 Å². The summed E-state index contributed by atoms with van der Waals surface area (Å²) in [6.07, 6.45) is 3.91. The predicted molar refractivity (Wildman–Crippen MR) is 80.2 cm³/mol. The van der Waals surface area contributed by atoms with E-state index in [4.69, 9.17) is 0 Å². The molecule has 1 rings (SSSR count). The Balaban J connectivity index is 2.69. The third kappa shape index (κ3) is 4.55. The van der Waals surface area contributed by atoms with Crippen molar-refractivity contribution in [1.29, 1.82) is 0 Å². The minimum atomic E-state index is 0.280. The second-order valence-corrected chi connectivity index (χ2v) is 6.05. The molecule has 0 N–H and O–H groups in total. The van der Waals surface area contributed by atoms with Gasteiger partial charge < -0.3 is 0 Å². The van der Waals surface area contributed by atoms with Crippen molar-refractivity contribution in [3.8, 4) is 0 Å². The zero-order valence-electron chi connectivity index (χ0n) is 10.4. The predicted octanol–water partition coefficient (Wildman–Crippen LogP) is 5.20. The van der Waals surface area contributed by atoms with Crippen molar-refractivity contribution < 1.29 is 4.79 Å². The van der Waals surface area contributed by atoms with Crippen LogP contribution in [0.4, 0.5) is 0 Å². The molecule has 1 nitrogen and oxygen atoms in total. The maximum Gasteiger partial charge on any atom is 0.163 e. The SMILES string of the molecule is Cc1cc(Br)cc(C)c1C(=O)CCCCCBr. The number of Topliss-reactive ketones (excluding diaryl/α,β-unsaturated/α-hetero) is 1. The fourth-order valence-electron chi connectivity index (χ4n) is 2.03. The third-order valence-electron chi connectivity index (χ3n) is 2.81. The number of hydrogen-bond acceptors (Lipinski definition) is 1. The summed E-state index contributed by atoms with van der Waals surface area (Å²) < 4.78 is 1.04. The molecule has 3 heteroatoms. The second kappa shape index (κ2) is 7.32. The summed E-state index contributed by atoms with van der Waals surface area (Å²) in [6.45, 7) is 4.01. The summed E-state index contributed by atoms with van der Waals surface area (Å²) in [6, 6.07) is 4.03. The molecule has 17 heavy (non-hydrogen) atoms. The molecule has 0 unspecified atom stereocenters. The molecule has 1 aromatic carbocycles. The minimum absolute atomic E-state index is 0.280. The van der Waals surface area contributed by atoms with Gasteiger partial charge >= 0.3 is 0 Å². The summed E-state index contributed by atoms with van der Waals surface area (Å²) in [4.78, 5) is 12.1. The molecule has 1 aromatic rings. The highest BCUT2D eigenvalue weighted by Crippen LogP contribution is 2.22. The fraction of sp³-hybridized carbons (Fsp3) is 0.500. The van der Waals surface area contributed by atoms with Gasteiger partial charge in [-0.25, -0.2) is 0 Å². The average Bonchev–Trinajstić information content (AvgIpc) is 2.23. The van der Waals surface area contributed by atoms with Crippen molar-refractivity contribution in [3.05, 3.63) is 33.3 Å². The molecule has 0 radical (unpaired) electrons.